The van der Waals surface area contributed by atoms with Crippen molar-refractivity contribution in [2.75, 3.05) is 37.6 Å². The number of anilines is 1. The van der Waals surface area contributed by atoms with Gasteiger partial charge < -0.3 is 9.47 Å². The van der Waals surface area contributed by atoms with Crippen LogP contribution in [0.3, 0.4) is 0 Å². The SMILES string of the molecule is COc1ccccc1OC1CCN(CCCCN2c3cccc4cccc(c34)S2(O)O)C1. The van der Waals surface area contributed by atoms with Crippen molar-refractivity contribution in [2.24, 2.45) is 0 Å². The third-order valence-electron chi connectivity index (χ3n) is 6.39. The summed E-state index contributed by atoms with van der Waals surface area (Å²) < 4.78 is 35.3. The average molecular weight is 455 g/mol. The Morgan fingerprint density at radius 3 is 2.50 bits per heavy atom. The Balaban J connectivity index is 1.14. The van der Waals surface area contributed by atoms with Gasteiger partial charge in [0.2, 0.25) is 0 Å². The zero-order valence-corrected chi connectivity index (χ0v) is 19.1. The maximum Gasteiger partial charge on any atom is 0.161 e. The molecule has 1 atom stereocenters. The Labute approximate surface area is 190 Å². The molecule has 170 valence electrons. The molecule has 0 saturated carbocycles. The fourth-order valence-electron chi connectivity index (χ4n) is 4.81. The molecule has 32 heavy (non-hydrogen) atoms. The third-order valence-corrected chi connectivity index (χ3v) is 8.32. The fraction of sp³-hybridized carbons (Fsp3) is 0.360. The molecule has 2 N–H and O–H groups in total. The Morgan fingerprint density at radius 1 is 0.938 bits per heavy atom. The molecule has 0 radical (unpaired) electrons. The number of benzene rings is 3. The summed E-state index contributed by atoms with van der Waals surface area (Å²) in [5.74, 6) is 1.57. The van der Waals surface area contributed by atoms with Crippen LogP contribution in [0.1, 0.15) is 19.3 Å². The minimum absolute atomic E-state index is 0.170. The number of ether oxygens (including phenoxy) is 2. The second-order valence-corrected chi connectivity index (χ2v) is 10.4. The van der Waals surface area contributed by atoms with Crippen LogP contribution in [0.2, 0.25) is 0 Å². The number of unbranched alkanes of at least 4 members (excludes halogenated alkanes) is 1. The smallest absolute Gasteiger partial charge is 0.161 e. The number of rotatable bonds is 8. The number of likely N-dealkylation sites (tertiary alicyclic amines) is 1. The maximum atomic E-state index is 10.9. The lowest BCUT2D eigenvalue weighted by Crippen LogP contribution is -2.28. The van der Waals surface area contributed by atoms with Crippen molar-refractivity contribution in [1.82, 2.24) is 4.90 Å². The molecule has 2 aliphatic rings. The summed E-state index contributed by atoms with van der Waals surface area (Å²) in [6, 6.07) is 19.6. The van der Waals surface area contributed by atoms with E-state index in [2.05, 4.69) is 4.90 Å². The molecule has 1 fully saturated rings. The minimum atomic E-state index is -2.96. The first-order chi connectivity index (χ1) is 15.6. The van der Waals surface area contributed by atoms with Gasteiger partial charge in [-0.1, -0.05) is 47.2 Å². The molecule has 0 aliphatic carbocycles. The summed E-state index contributed by atoms with van der Waals surface area (Å²) >= 11 is 0. The number of hydrogen-bond acceptors (Lipinski definition) is 6. The highest BCUT2D eigenvalue weighted by Crippen LogP contribution is 2.63. The predicted octanol–water partition coefficient (Wildman–Crippen LogP) is 5.63. The molecule has 0 bridgehead atoms. The Kier molecular flexibility index (Phi) is 5.90. The largest absolute Gasteiger partial charge is 0.493 e. The van der Waals surface area contributed by atoms with Crippen molar-refractivity contribution >= 4 is 27.2 Å². The van der Waals surface area contributed by atoms with E-state index in [4.69, 9.17) is 9.47 Å². The number of hydrogen-bond donors (Lipinski definition) is 2. The van der Waals surface area contributed by atoms with Gasteiger partial charge in [0.25, 0.3) is 0 Å². The van der Waals surface area contributed by atoms with E-state index < -0.39 is 10.8 Å². The second kappa shape index (κ2) is 8.83. The Hall–Kier alpha value is -2.45. The highest BCUT2D eigenvalue weighted by molar-refractivity contribution is 8.26. The molecule has 0 aromatic heterocycles. The standard InChI is InChI=1S/C25H30N2O4S/c1-30-22-11-2-3-12-23(22)31-20-14-17-26(18-20)15-4-5-16-27-21-10-6-8-19-9-7-13-24(25(19)21)32(27,28)29/h2-3,6-13,20,28-29H,4-5,14-18H2,1H3. The molecule has 2 heterocycles. The van der Waals surface area contributed by atoms with Crippen LogP contribution in [0.25, 0.3) is 10.8 Å². The molecule has 0 amide bonds. The Bertz CT molecular complexity index is 1100. The molecule has 6 nitrogen and oxygen atoms in total. The molecule has 1 saturated heterocycles. The molecule has 3 aromatic carbocycles. The van der Waals surface area contributed by atoms with Crippen LogP contribution in [-0.4, -0.2) is 53.4 Å². The van der Waals surface area contributed by atoms with Gasteiger partial charge in [-0.2, -0.15) is 0 Å². The number of methoxy groups -OCH3 is 1. The molecule has 3 aromatic rings. The highest BCUT2D eigenvalue weighted by atomic mass is 32.3. The first kappa shape index (κ1) is 21.4. The number of para-hydroxylation sites is 2. The first-order valence-corrected chi connectivity index (χ1v) is 12.7. The first-order valence-electron chi connectivity index (χ1n) is 11.2. The van der Waals surface area contributed by atoms with E-state index in [1.807, 2.05) is 65.0 Å². The lowest BCUT2D eigenvalue weighted by Gasteiger charge is -2.39. The van der Waals surface area contributed by atoms with E-state index in [-0.39, 0.29) is 6.10 Å². The molecular weight excluding hydrogens is 424 g/mol. The Morgan fingerprint density at radius 2 is 1.69 bits per heavy atom. The van der Waals surface area contributed by atoms with Crippen molar-refractivity contribution in [2.45, 2.75) is 30.3 Å². The van der Waals surface area contributed by atoms with Crippen LogP contribution in [-0.2, 0) is 0 Å². The summed E-state index contributed by atoms with van der Waals surface area (Å²) in [5, 5.41) is 2.03. The van der Waals surface area contributed by atoms with E-state index in [0.29, 0.717) is 11.4 Å². The van der Waals surface area contributed by atoms with Gasteiger partial charge in [-0.05, 0) is 55.5 Å². The van der Waals surface area contributed by atoms with E-state index >= 15 is 0 Å². The lowest BCUT2D eigenvalue weighted by atomic mass is 10.1. The van der Waals surface area contributed by atoms with Crippen molar-refractivity contribution in [1.29, 1.82) is 0 Å². The van der Waals surface area contributed by atoms with E-state index in [1.54, 1.807) is 7.11 Å². The van der Waals surface area contributed by atoms with Crippen molar-refractivity contribution in [3.05, 3.63) is 60.7 Å². The van der Waals surface area contributed by atoms with Crippen LogP contribution in [0.15, 0.2) is 65.6 Å². The van der Waals surface area contributed by atoms with Crippen LogP contribution in [0.4, 0.5) is 5.69 Å². The normalized spacial score (nSPS) is 20.6. The maximum absolute atomic E-state index is 10.9. The lowest BCUT2D eigenvalue weighted by molar-refractivity contribution is 0.192. The van der Waals surface area contributed by atoms with Gasteiger partial charge in [-0.3, -0.25) is 18.3 Å². The molecular formula is C25H30N2O4S. The summed E-state index contributed by atoms with van der Waals surface area (Å²) in [6.07, 6.45) is 3.07. The average Bonchev–Trinajstić information content (AvgIpc) is 3.34. The summed E-state index contributed by atoms with van der Waals surface area (Å²) in [5.41, 5.74) is 0.935. The number of nitrogens with zero attached hydrogens (tertiary/aromatic N) is 2. The van der Waals surface area contributed by atoms with Crippen LogP contribution < -0.4 is 13.8 Å². The molecule has 2 aliphatic heterocycles. The highest BCUT2D eigenvalue weighted by Gasteiger charge is 2.35. The quantitative estimate of drug-likeness (QED) is 0.430. The zero-order valence-electron chi connectivity index (χ0n) is 18.3. The molecule has 0 spiro atoms. The van der Waals surface area contributed by atoms with Gasteiger partial charge >= 0.3 is 0 Å². The molecule has 1 unspecified atom stereocenters. The third kappa shape index (κ3) is 3.90. The van der Waals surface area contributed by atoms with Gasteiger partial charge in [-0.25, -0.2) is 0 Å². The molecule has 7 heteroatoms. The fourth-order valence-corrected chi connectivity index (χ4v) is 6.61. The predicted molar refractivity (Wildman–Crippen MR) is 130 cm³/mol. The van der Waals surface area contributed by atoms with Gasteiger partial charge in [-0.15, -0.1) is 0 Å². The minimum Gasteiger partial charge on any atom is -0.493 e. The molecule has 5 rings (SSSR count). The zero-order chi connectivity index (χ0) is 22.1. The summed E-state index contributed by atoms with van der Waals surface area (Å²) in [7, 11) is -1.30. The van der Waals surface area contributed by atoms with E-state index in [1.165, 1.54) is 0 Å². The van der Waals surface area contributed by atoms with Gasteiger partial charge in [0.05, 0.1) is 17.7 Å². The van der Waals surface area contributed by atoms with Gasteiger partial charge in [0.1, 0.15) is 6.10 Å². The van der Waals surface area contributed by atoms with Crippen molar-refractivity contribution in [3.8, 4) is 11.5 Å². The van der Waals surface area contributed by atoms with Crippen LogP contribution in [0, 0.1) is 0 Å². The van der Waals surface area contributed by atoms with Crippen molar-refractivity contribution < 1.29 is 18.6 Å². The van der Waals surface area contributed by atoms with E-state index in [0.717, 1.165) is 66.9 Å². The summed E-state index contributed by atoms with van der Waals surface area (Å²) in [4.78, 5) is 3.08. The van der Waals surface area contributed by atoms with Crippen LogP contribution >= 0.6 is 10.8 Å². The summed E-state index contributed by atoms with van der Waals surface area (Å²) in [6.45, 7) is 3.53. The topological polar surface area (TPSA) is 65.4 Å². The monoisotopic (exact) mass is 454 g/mol. The van der Waals surface area contributed by atoms with E-state index in [9.17, 15) is 9.11 Å². The van der Waals surface area contributed by atoms with Crippen molar-refractivity contribution in [3.63, 3.8) is 0 Å². The van der Waals surface area contributed by atoms with Gasteiger partial charge in [0.15, 0.2) is 11.5 Å². The van der Waals surface area contributed by atoms with Gasteiger partial charge in [0, 0.05) is 25.0 Å². The van der Waals surface area contributed by atoms with Crippen LogP contribution in [0.5, 0.6) is 11.5 Å². The second-order valence-electron chi connectivity index (χ2n) is 8.44.